The first-order valence-electron chi connectivity index (χ1n) is 7.90. The van der Waals surface area contributed by atoms with Gasteiger partial charge in [0.25, 0.3) is 0 Å². The first-order valence-corrected chi connectivity index (χ1v) is 7.90. The highest BCUT2D eigenvalue weighted by atomic mass is 15.3. The summed E-state index contributed by atoms with van der Waals surface area (Å²) in [7, 11) is 4.34. The third kappa shape index (κ3) is 3.04. The topological polar surface area (TPSA) is 60.0 Å². The fourth-order valence-electron chi connectivity index (χ4n) is 3.55. The van der Waals surface area contributed by atoms with E-state index in [1.54, 1.807) is 6.33 Å². The molecule has 1 unspecified atom stereocenters. The fraction of sp³-hybridized carbons (Fsp3) is 0.867. The maximum atomic E-state index is 6.62. The summed E-state index contributed by atoms with van der Waals surface area (Å²) >= 11 is 0. The Morgan fingerprint density at radius 2 is 2.05 bits per heavy atom. The van der Waals surface area contributed by atoms with E-state index in [1.807, 2.05) is 4.68 Å². The molecular formula is C15H29N5. The summed E-state index contributed by atoms with van der Waals surface area (Å²) in [6.07, 6.45) is 9.85. The maximum absolute atomic E-state index is 6.62. The summed E-state index contributed by atoms with van der Waals surface area (Å²) < 4.78 is 2.01. The number of aromatic nitrogens is 3. The highest BCUT2D eigenvalue weighted by Crippen LogP contribution is 2.35. The number of hydrogen-bond donors (Lipinski definition) is 1. The largest absolute Gasteiger partial charge is 0.326 e. The molecule has 1 aliphatic rings. The Bertz CT molecular complexity index is 406. The van der Waals surface area contributed by atoms with Crippen molar-refractivity contribution in [3.8, 4) is 0 Å². The lowest BCUT2D eigenvalue weighted by Gasteiger charge is -2.47. The summed E-state index contributed by atoms with van der Waals surface area (Å²) in [6.45, 7) is 3.09. The van der Waals surface area contributed by atoms with Crippen LogP contribution in [0.1, 0.15) is 51.3 Å². The van der Waals surface area contributed by atoms with Crippen LogP contribution < -0.4 is 5.73 Å². The predicted molar refractivity (Wildman–Crippen MR) is 81.5 cm³/mol. The minimum Gasteiger partial charge on any atom is -0.326 e. The molecular weight excluding hydrogens is 250 g/mol. The van der Waals surface area contributed by atoms with Crippen LogP contribution >= 0.6 is 0 Å². The normalized spacial score (nSPS) is 20.2. The van der Waals surface area contributed by atoms with Crippen molar-refractivity contribution in [2.75, 3.05) is 14.1 Å². The van der Waals surface area contributed by atoms with Crippen molar-refractivity contribution < 1.29 is 0 Å². The number of nitrogens with zero attached hydrogens (tertiary/aromatic N) is 4. The zero-order valence-electron chi connectivity index (χ0n) is 13.2. The van der Waals surface area contributed by atoms with E-state index in [0.29, 0.717) is 0 Å². The zero-order valence-corrected chi connectivity index (χ0v) is 13.2. The van der Waals surface area contributed by atoms with E-state index in [1.165, 1.54) is 32.1 Å². The van der Waals surface area contributed by atoms with E-state index in [4.69, 9.17) is 5.73 Å². The molecule has 114 valence electrons. The summed E-state index contributed by atoms with van der Waals surface area (Å²) in [5.41, 5.74) is 6.74. The van der Waals surface area contributed by atoms with Crippen LogP contribution in [0, 0.1) is 0 Å². The summed E-state index contributed by atoms with van der Waals surface area (Å²) in [5, 5.41) is 4.31. The molecule has 0 bridgehead atoms. The quantitative estimate of drug-likeness (QED) is 0.863. The van der Waals surface area contributed by atoms with Gasteiger partial charge in [-0.3, -0.25) is 4.68 Å². The lowest BCUT2D eigenvalue weighted by Crippen LogP contribution is -2.59. The molecule has 0 aliphatic heterocycles. The van der Waals surface area contributed by atoms with E-state index in [9.17, 15) is 0 Å². The van der Waals surface area contributed by atoms with E-state index in [0.717, 1.165) is 25.2 Å². The molecule has 0 aromatic carbocycles. The third-order valence-electron chi connectivity index (χ3n) is 4.83. The lowest BCUT2D eigenvalue weighted by molar-refractivity contribution is 0.0705. The van der Waals surface area contributed by atoms with Gasteiger partial charge in [-0.05, 0) is 33.4 Å². The lowest BCUT2D eigenvalue weighted by atomic mass is 9.74. The van der Waals surface area contributed by atoms with Gasteiger partial charge in [0.05, 0.1) is 0 Å². The molecule has 5 nitrogen and oxygen atoms in total. The van der Waals surface area contributed by atoms with Crippen molar-refractivity contribution in [2.24, 2.45) is 5.73 Å². The molecule has 2 N–H and O–H groups in total. The molecule has 1 fully saturated rings. The van der Waals surface area contributed by atoms with Crippen molar-refractivity contribution in [3.05, 3.63) is 12.2 Å². The average molecular weight is 279 g/mol. The molecule has 20 heavy (non-hydrogen) atoms. The molecule has 1 aliphatic carbocycles. The SMILES string of the molecule is CCCn1ncnc1CC(N)C1(N(C)C)CCCCC1. The number of likely N-dealkylation sites (N-methyl/N-ethyl adjacent to an activating group) is 1. The number of rotatable bonds is 6. The highest BCUT2D eigenvalue weighted by Gasteiger charge is 2.40. The Kier molecular flexibility index (Phi) is 5.16. The van der Waals surface area contributed by atoms with Gasteiger partial charge >= 0.3 is 0 Å². The van der Waals surface area contributed by atoms with E-state index in [2.05, 4.69) is 36.0 Å². The number of hydrogen-bond acceptors (Lipinski definition) is 4. The summed E-state index contributed by atoms with van der Waals surface area (Å²) in [6, 6.07) is 0.123. The van der Waals surface area contributed by atoms with Crippen molar-refractivity contribution in [1.29, 1.82) is 0 Å². The van der Waals surface area contributed by atoms with Crippen LogP contribution in [0.5, 0.6) is 0 Å². The number of aryl methyl sites for hydroxylation is 1. The molecule has 0 amide bonds. The average Bonchev–Trinajstić information content (AvgIpc) is 2.87. The molecule has 1 atom stereocenters. The molecule has 1 aromatic rings. The minimum atomic E-state index is 0.123. The number of nitrogens with two attached hydrogens (primary N) is 1. The summed E-state index contributed by atoms with van der Waals surface area (Å²) in [4.78, 5) is 6.76. The van der Waals surface area contributed by atoms with Crippen LogP contribution in [0.15, 0.2) is 6.33 Å². The molecule has 2 rings (SSSR count). The third-order valence-corrected chi connectivity index (χ3v) is 4.83. The highest BCUT2D eigenvalue weighted by molar-refractivity contribution is 5.03. The van der Waals surface area contributed by atoms with Crippen molar-refractivity contribution in [3.63, 3.8) is 0 Å². The first-order chi connectivity index (χ1) is 9.60. The second-order valence-corrected chi connectivity index (χ2v) is 6.27. The maximum Gasteiger partial charge on any atom is 0.138 e. The van der Waals surface area contributed by atoms with Gasteiger partial charge in [-0.25, -0.2) is 4.98 Å². The summed E-state index contributed by atoms with van der Waals surface area (Å²) in [5.74, 6) is 1.03. The monoisotopic (exact) mass is 279 g/mol. The molecule has 1 heterocycles. The van der Waals surface area contributed by atoms with Gasteiger partial charge in [-0.2, -0.15) is 5.10 Å². The second-order valence-electron chi connectivity index (χ2n) is 6.27. The van der Waals surface area contributed by atoms with Crippen molar-refractivity contribution in [1.82, 2.24) is 19.7 Å². The van der Waals surface area contributed by atoms with Crippen LogP contribution in [-0.4, -0.2) is 45.3 Å². The molecule has 0 radical (unpaired) electrons. The smallest absolute Gasteiger partial charge is 0.138 e. The molecule has 0 spiro atoms. The van der Waals surface area contributed by atoms with Crippen molar-refractivity contribution in [2.45, 2.75) is 70.0 Å². The predicted octanol–water partition coefficient (Wildman–Crippen LogP) is 1.82. The van der Waals surface area contributed by atoms with Gasteiger partial charge < -0.3 is 10.6 Å². The molecule has 1 saturated carbocycles. The standard InChI is InChI=1S/C15H29N5/c1-4-10-20-14(17-12-18-20)11-13(16)15(19(2)3)8-6-5-7-9-15/h12-13H,4-11,16H2,1-3H3. The van der Waals surface area contributed by atoms with Gasteiger partial charge in [0, 0.05) is 24.5 Å². The van der Waals surface area contributed by atoms with Crippen LogP contribution in [0.2, 0.25) is 0 Å². The second kappa shape index (κ2) is 6.68. The Balaban J connectivity index is 2.12. The van der Waals surface area contributed by atoms with Gasteiger partial charge in [0.2, 0.25) is 0 Å². The molecule has 1 aromatic heterocycles. The Morgan fingerprint density at radius 3 is 2.65 bits per heavy atom. The van der Waals surface area contributed by atoms with E-state index in [-0.39, 0.29) is 11.6 Å². The van der Waals surface area contributed by atoms with Gasteiger partial charge in [-0.15, -0.1) is 0 Å². The minimum absolute atomic E-state index is 0.123. The fourth-order valence-corrected chi connectivity index (χ4v) is 3.55. The Labute approximate surface area is 122 Å². The molecule has 5 heteroatoms. The molecule has 0 saturated heterocycles. The van der Waals surface area contributed by atoms with Crippen molar-refractivity contribution >= 4 is 0 Å². The Morgan fingerprint density at radius 1 is 1.35 bits per heavy atom. The van der Waals surface area contributed by atoms with Crippen LogP contribution in [-0.2, 0) is 13.0 Å². The van der Waals surface area contributed by atoms with Gasteiger partial charge in [0.1, 0.15) is 12.2 Å². The van der Waals surface area contributed by atoms with Crippen LogP contribution in [0.25, 0.3) is 0 Å². The van der Waals surface area contributed by atoms with Crippen LogP contribution in [0.4, 0.5) is 0 Å². The van der Waals surface area contributed by atoms with Gasteiger partial charge in [0.15, 0.2) is 0 Å². The van der Waals surface area contributed by atoms with E-state index >= 15 is 0 Å². The zero-order chi connectivity index (χ0) is 14.6. The Hall–Kier alpha value is -0.940. The first kappa shape index (κ1) is 15.4. The van der Waals surface area contributed by atoms with Gasteiger partial charge in [-0.1, -0.05) is 26.2 Å². The van der Waals surface area contributed by atoms with E-state index < -0.39 is 0 Å². The van der Waals surface area contributed by atoms with Crippen LogP contribution in [0.3, 0.4) is 0 Å².